The molecule has 1 aromatic carbocycles. The lowest BCUT2D eigenvalue weighted by molar-refractivity contribution is -0.145. The number of hydrogen-bond donors (Lipinski definition) is 4. The first-order chi connectivity index (χ1) is 13.2. The topological polar surface area (TPSA) is 125 Å². The van der Waals surface area contributed by atoms with Gasteiger partial charge in [0.05, 0.1) is 19.6 Å². The lowest BCUT2D eigenvalue weighted by Crippen LogP contribution is -2.52. The van der Waals surface area contributed by atoms with Crippen molar-refractivity contribution in [3.63, 3.8) is 0 Å². The number of carbonyl (C=O) groups excluding carboxylic acids is 2. The first kappa shape index (κ1) is 23.6. The molecular weight excluding hydrogens is 364 g/mol. The van der Waals surface area contributed by atoms with Crippen LogP contribution in [-0.4, -0.2) is 60.4 Å². The molecule has 28 heavy (non-hydrogen) atoms. The highest BCUT2D eigenvalue weighted by atomic mass is 16.5. The van der Waals surface area contributed by atoms with E-state index >= 15 is 0 Å². The fourth-order valence-electron chi connectivity index (χ4n) is 2.55. The minimum Gasteiger partial charge on any atom is -0.481 e. The summed E-state index contributed by atoms with van der Waals surface area (Å²) in [6.45, 7) is 4.06. The van der Waals surface area contributed by atoms with Gasteiger partial charge in [0.2, 0.25) is 5.91 Å². The van der Waals surface area contributed by atoms with Crippen molar-refractivity contribution in [1.82, 2.24) is 10.6 Å². The number of carboxylic acid groups (broad SMARTS) is 1. The molecule has 0 aliphatic rings. The first-order valence-electron chi connectivity index (χ1n) is 9.16. The fourth-order valence-corrected chi connectivity index (χ4v) is 2.55. The van der Waals surface area contributed by atoms with Gasteiger partial charge in [0.25, 0.3) is 0 Å². The van der Waals surface area contributed by atoms with E-state index in [4.69, 9.17) is 9.84 Å². The highest BCUT2D eigenvalue weighted by molar-refractivity contribution is 5.90. The third-order valence-corrected chi connectivity index (χ3v) is 4.40. The molecule has 0 radical (unpaired) electrons. The largest absolute Gasteiger partial charge is 0.481 e. The molecule has 2 unspecified atom stereocenters. The van der Waals surface area contributed by atoms with Gasteiger partial charge in [-0.05, 0) is 23.9 Å². The molecule has 0 fully saturated rings. The van der Waals surface area contributed by atoms with Crippen molar-refractivity contribution >= 4 is 17.8 Å². The van der Waals surface area contributed by atoms with Gasteiger partial charge in [0.15, 0.2) is 0 Å². The van der Waals surface area contributed by atoms with Crippen molar-refractivity contribution in [3.8, 4) is 0 Å². The van der Waals surface area contributed by atoms with Crippen LogP contribution in [0.1, 0.15) is 32.3 Å². The molecule has 0 aliphatic carbocycles. The number of nitrogens with one attached hydrogen (secondary N) is 2. The number of methoxy groups -OCH3 is 1. The number of esters is 1. The fraction of sp³-hybridized carbons (Fsp3) is 0.550. The number of amides is 1. The summed E-state index contributed by atoms with van der Waals surface area (Å²) in [6.07, 6.45) is 0.360. The Labute approximate surface area is 165 Å². The Hall–Kier alpha value is -2.45. The van der Waals surface area contributed by atoms with Crippen LogP contribution in [0.4, 0.5) is 0 Å². The molecule has 0 aliphatic heterocycles. The molecule has 1 rings (SSSR count). The number of aliphatic hydroxyl groups excluding tert-OH is 1. The zero-order valence-corrected chi connectivity index (χ0v) is 16.6. The van der Waals surface area contributed by atoms with Crippen molar-refractivity contribution in [2.24, 2.45) is 5.41 Å². The number of aliphatic hydroxyl groups is 1. The summed E-state index contributed by atoms with van der Waals surface area (Å²) in [5.74, 6) is -2.32. The SMILES string of the molecule is COC(=O)C(Cc1ccccc1)NC(=O)C(CC(=O)O)NCCC(C)(C)CO. The van der Waals surface area contributed by atoms with E-state index in [1.807, 2.05) is 44.2 Å². The Morgan fingerprint density at radius 3 is 2.32 bits per heavy atom. The maximum atomic E-state index is 12.6. The van der Waals surface area contributed by atoms with E-state index in [9.17, 15) is 19.5 Å². The summed E-state index contributed by atoms with van der Waals surface area (Å²) in [4.78, 5) is 35.9. The van der Waals surface area contributed by atoms with Crippen molar-refractivity contribution in [3.05, 3.63) is 35.9 Å². The third-order valence-electron chi connectivity index (χ3n) is 4.40. The average Bonchev–Trinajstić information content (AvgIpc) is 2.66. The van der Waals surface area contributed by atoms with Gasteiger partial charge in [-0.2, -0.15) is 0 Å². The van der Waals surface area contributed by atoms with E-state index in [1.165, 1.54) is 7.11 Å². The molecule has 1 aromatic rings. The molecule has 4 N–H and O–H groups in total. The smallest absolute Gasteiger partial charge is 0.328 e. The number of benzene rings is 1. The van der Waals surface area contributed by atoms with Crippen molar-refractivity contribution in [2.45, 2.75) is 45.2 Å². The standard InChI is InChI=1S/C20H30N2O6/c1-20(2,13-23)9-10-21-15(12-17(24)25)18(26)22-16(19(27)28-3)11-14-7-5-4-6-8-14/h4-8,15-16,21,23H,9-13H2,1-3H3,(H,22,26)(H,24,25). The second-order valence-corrected chi connectivity index (χ2v) is 7.45. The number of carboxylic acids is 1. The molecule has 0 heterocycles. The zero-order chi connectivity index (χ0) is 21.2. The van der Waals surface area contributed by atoms with E-state index in [0.29, 0.717) is 13.0 Å². The lowest BCUT2D eigenvalue weighted by Gasteiger charge is -2.25. The maximum Gasteiger partial charge on any atom is 0.328 e. The summed E-state index contributed by atoms with van der Waals surface area (Å²) >= 11 is 0. The van der Waals surface area contributed by atoms with Crippen LogP contribution in [0.25, 0.3) is 0 Å². The number of ether oxygens (including phenoxy) is 1. The Bertz CT molecular complexity index is 647. The molecule has 0 spiro atoms. The van der Waals surface area contributed by atoms with Gasteiger partial charge in [-0.3, -0.25) is 9.59 Å². The van der Waals surface area contributed by atoms with Crippen LogP contribution in [0.15, 0.2) is 30.3 Å². The van der Waals surface area contributed by atoms with E-state index in [-0.39, 0.29) is 18.4 Å². The van der Waals surface area contributed by atoms with E-state index in [1.54, 1.807) is 0 Å². The van der Waals surface area contributed by atoms with Gasteiger partial charge in [-0.1, -0.05) is 44.2 Å². The molecule has 1 amide bonds. The Kier molecular flexibility index (Phi) is 9.61. The second-order valence-electron chi connectivity index (χ2n) is 7.45. The van der Waals surface area contributed by atoms with Crippen LogP contribution in [0, 0.1) is 5.41 Å². The molecule has 8 heteroatoms. The average molecular weight is 394 g/mol. The molecule has 0 saturated carbocycles. The van der Waals surface area contributed by atoms with Crippen LogP contribution < -0.4 is 10.6 Å². The van der Waals surface area contributed by atoms with Crippen LogP contribution in [0.3, 0.4) is 0 Å². The maximum absolute atomic E-state index is 12.6. The molecule has 2 atom stereocenters. The van der Waals surface area contributed by atoms with Crippen molar-refractivity contribution < 1.29 is 29.3 Å². The molecule has 156 valence electrons. The zero-order valence-electron chi connectivity index (χ0n) is 16.6. The Morgan fingerprint density at radius 2 is 1.79 bits per heavy atom. The predicted molar refractivity (Wildman–Crippen MR) is 104 cm³/mol. The number of rotatable bonds is 12. The van der Waals surface area contributed by atoms with E-state index < -0.39 is 36.4 Å². The summed E-state index contributed by atoms with van der Waals surface area (Å²) in [5.41, 5.74) is 0.490. The van der Waals surface area contributed by atoms with Crippen LogP contribution in [0.2, 0.25) is 0 Å². The first-order valence-corrected chi connectivity index (χ1v) is 9.16. The molecule has 8 nitrogen and oxygen atoms in total. The van der Waals surface area contributed by atoms with Crippen LogP contribution in [0.5, 0.6) is 0 Å². The Balaban J connectivity index is 2.80. The monoisotopic (exact) mass is 394 g/mol. The number of aliphatic carboxylic acids is 1. The van der Waals surface area contributed by atoms with Gasteiger partial charge < -0.3 is 25.6 Å². The predicted octanol–water partition coefficient (Wildman–Crippen LogP) is 0.728. The minimum atomic E-state index is -1.13. The van der Waals surface area contributed by atoms with Crippen LogP contribution >= 0.6 is 0 Å². The molecule has 0 saturated heterocycles. The van der Waals surface area contributed by atoms with Gasteiger partial charge >= 0.3 is 11.9 Å². The van der Waals surface area contributed by atoms with E-state index in [0.717, 1.165) is 5.56 Å². The summed E-state index contributed by atoms with van der Waals surface area (Å²) in [7, 11) is 1.23. The van der Waals surface area contributed by atoms with Gasteiger partial charge in [0, 0.05) is 13.0 Å². The normalized spacial score (nSPS) is 13.4. The Morgan fingerprint density at radius 1 is 1.14 bits per heavy atom. The molecule has 0 aromatic heterocycles. The highest BCUT2D eigenvalue weighted by Gasteiger charge is 2.28. The molecular formula is C20H30N2O6. The van der Waals surface area contributed by atoms with Crippen molar-refractivity contribution in [2.75, 3.05) is 20.3 Å². The number of carbonyl (C=O) groups is 3. The minimum absolute atomic E-state index is 0.0219. The summed E-state index contributed by atoms with van der Waals surface area (Å²) < 4.78 is 4.77. The van der Waals surface area contributed by atoms with E-state index in [2.05, 4.69) is 10.6 Å². The summed E-state index contributed by atoms with van der Waals surface area (Å²) in [6, 6.07) is 7.21. The van der Waals surface area contributed by atoms with Crippen molar-refractivity contribution in [1.29, 1.82) is 0 Å². The summed E-state index contributed by atoms with van der Waals surface area (Å²) in [5, 5.41) is 23.9. The van der Waals surface area contributed by atoms with Crippen LogP contribution in [-0.2, 0) is 25.5 Å². The quantitative estimate of drug-likeness (QED) is 0.385. The lowest BCUT2D eigenvalue weighted by atomic mass is 9.90. The van der Waals surface area contributed by atoms with Gasteiger partial charge in [0.1, 0.15) is 6.04 Å². The third kappa shape index (κ3) is 8.49. The molecule has 0 bridgehead atoms. The van der Waals surface area contributed by atoms with Gasteiger partial charge in [-0.25, -0.2) is 4.79 Å². The van der Waals surface area contributed by atoms with Gasteiger partial charge in [-0.15, -0.1) is 0 Å². The highest BCUT2D eigenvalue weighted by Crippen LogP contribution is 2.18. The second kappa shape index (κ2) is 11.4. The number of hydrogen-bond acceptors (Lipinski definition) is 6.